The first-order valence-corrected chi connectivity index (χ1v) is 6.12. The molecule has 0 amide bonds. The van der Waals surface area contributed by atoms with Gasteiger partial charge in [0.2, 0.25) is 0 Å². The summed E-state index contributed by atoms with van der Waals surface area (Å²) in [4.78, 5) is 11.7. The van der Waals surface area contributed by atoms with E-state index in [2.05, 4.69) is 6.07 Å². The monoisotopic (exact) mass is 329 g/mol. The molecule has 1 aromatic rings. The number of rotatable bonds is 3. The fraction of sp³-hybridized carbons (Fsp3) is 0.333. The lowest BCUT2D eigenvalue weighted by molar-refractivity contribution is 0.0524. The molecule has 0 saturated carbocycles. The molecule has 0 radical (unpaired) electrons. The van der Waals surface area contributed by atoms with Crippen LogP contribution in [0.25, 0.3) is 0 Å². The highest BCUT2D eigenvalue weighted by Crippen LogP contribution is 2.22. The lowest BCUT2D eigenvalue weighted by Gasteiger charge is -2.09. The molecule has 0 spiro atoms. The average Bonchev–Trinajstić information content (AvgIpc) is 2.28. The van der Waals surface area contributed by atoms with Crippen molar-refractivity contribution in [3.63, 3.8) is 0 Å². The van der Waals surface area contributed by atoms with E-state index in [1.807, 2.05) is 41.6 Å². The van der Waals surface area contributed by atoms with Crippen molar-refractivity contribution in [2.24, 2.45) is 0 Å². The van der Waals surface area contributed by atoms with Gasteiger partial charge in [-0.25, -0.2) is 4.79 Å². The van der Waals surface area contributed by atoms with Crippen LogP contribution in [0.2, 0.25) is 0 Å². The molecule has 0 N–H and O–H groups in total. The third kappa shape index (κ3) is 2.53. The van der Waals surface area contributed by atoms with Crippen molar-refractivity contribution in [2.45, 2.75) is 20.3 Å². The molecule has 3 nitrogen and oxygen atoms in total. The number of halogens is 1. The van der Waals surface area contributed by atoms with Gasteiger partial charge in [0.1, 0.15) is 6.07 Å². The van der Waals surface area contributed by atoms with Gasteiger partial charge < -0.3 is 4.74 Å². The van der Waals surface area contributed by atoms with E-state index in [0.717, 1.165) is 15.6 Å². The highest BCUT2D eigenvalue weighted by molar-refractivity contribution is 14.1. The number of nitriles is 1. The van der Waals surface area contributed by atoms with E-state index in [4.69, 9.17) is 10.00 Å². The number of hydrogen-bond donors (Lipinski definition) is 0. The summed E-state index contributed by atoms with van der Waals surface area (Å²) in [7, 11) is 0. The van der Waals surface area contributed by atoms with Crippen LogP contribution in [0.1, 0.15) is 35.3 Å². The molecule has 0 aromatic heterocycles. The van der Waals surface area contributed by atoms with Gasteiger partial charge in [-0.2, -0.15) is 5.26 Å². The van der Waals surface area contributed by atoms with Gasteiger partial charge in [0.15, 0.2) is 0 Å². The number of aryl methyl sites for hydroxylation is 1. The van der Waals surface area contributed by atoms with E-state index in [-0.39, 0.29) is 0 Å². The molecule has 0 aliphatic rings. The number of nitrogens with zero attached hydrogens (tertiary/aromatic N) is 1. The second-order valence-corrected chi connectivity index (χ2v) is 4.30. The van der Waals surface area contributed by atoms with Crippen molar-refractivity contribution >= 4 is 28.6 Å². The Bertz CT molecular complexity index is 449. The van der Waals surface area contributed by atoms with Crippen LogP contribution in [0.3, 0.4) is 0 Å². The van der Waals surface area contributed by atoms with Crippen molar-refractivity contribution in [3.05, 3.63) is 32.4 Å². The summed E-state index contributed by atoms with van der Waals surface area (Å²) in [6.07, 6.45) is 0.728. The van der Waals surface area contributed by atoms with Gasteiger partial charge in [-0.05, 0) is 47.6 Å². The van der Waals surface area contributed by atoms with E-state index in [1.54, 1.807) is 6.92 Å². The molecule has 0 heterocycles. The fourth-order valence-electron chi connectivity index (χ4n) is 1.45. The van der Waals surface area contributed by atoms with Gasteiger partial charge in [-0.3, -0.25) is 0 Å². The van der Waals surface area contributed by atoms with Crippen molar-refractivity contribution < 1.29 is 9.53 Å². The molecule has 0 aliphatic heterocycles. The fourth-order valence-corrected chi connectivity index (χ4v) is 2.12. The molecule has 84 valence electrons. The predicted octanol–water partition coefficient (Wildman–Crippen LogP) is 2.90. The van der Waals surface area contributed by atoms with E-state index >= 15 is 0 Å². The Hall–Kier alpha value is -1.09. The highest BCUT2D eigenvalue weighted by atomic mass is 127. The minimum atomic E-state index is -0.418. The number of esters is 1. The summed E-state index contributed by atoms with van der Waals surface area (Å²) in [5.41, 5.74) is 1.71. The summed E-state index contributed by atoms with van der Waals surface area (Å²) in [6, 6.07) is 5.81. The summed E-state index contributed by atoms with van der Waals surface area (Å²) in [5, 5.41) is 9.11. The Morgan fingerprint density at radius 1 is 1.50 bits per heavy atom. The first-order chi connectivity index (χ1) is 7.65. The van der Waals surface area contributed by atoms with E-state index in [9.17, 15) is 4.79 Å². The van der Waals surface area contributed by atoms with E-state index < -0.39 is 5.97 Å². The Balaban J connectivity index is 3.35. The zero-order valence-electron chi connectivity index (χ0n) is 9.21. The van der Waals surface area contributed by atoms with Gasteiger partial charge >= 0.3 is 5.97 Å². The standard InChI is InChI=1S/C12H12INO2/c1-3-8-5-6-10(13)11(9(8)7-14)12(15)16-4-2/h5-6H,3-4H2,1-2H3. The SMILES string of the molecule is CCOC(=O)c1c(I)ccc(CC)c1C#N. The predicted molar refractivity (Wildman–Crippen MR) is 69.2 cm³/mol. The Morgan fingerprint density at radius 3 is 2.69 bits per heavy atom. The van der Waals surface area contributed by atoms with Gasteiger partial charge in [0.25, 0.3) is 0 Å². The molecule has 0 unspecified atom stereocenters. The topological polar surface area (TPSA) is 50.1 Å². The van der Waals surface area contributed by atoms with Gasteiger partial charge in [-0.15, -0.1) is 0 Å². The number of benzene rings is 1. The summed E-state index contributed by atoms with van der Waals surface area (Å²) in [6.45, 7) is 4.02. The Labute approximate surface area is 109 Å². The number of carbonyl (C=O) groups excluding carboxylic acids is 1. The summed E-state index contributed by atoms with van der Waals surface area (Å²) < 4.78 is 5.71. The van der Waals surface area contributed by atoms with Crippen LogP contribution >= 0.6 is 22.6 Å². The molecule has 0 atom stereocenters. The molecule has 0 aliphatic carbocycles. The first-order valence-electron chi connectivity index (χ1n) is 5.04. The Kier molecular flexibility index (Phi) is 4.74. The van der Waals surface area contributed by atoms with Crippen LogP contribution < -0.4 is 0 Å². The van der Waals surface area contributed by atoms with Crippen LogP contribution in [0.5, 0.6) is 0 Å². The van der Waals surface area contributed by atoms with Crippen molar-refractivity contribution in [2.75, 3.05) is 6.61 Å². The number of ether oxygens (including phenoxy) is 1. The van der Waals surface area contributed by atoms with Crippen LogP contribution in [0.15, 0.2) is 12.1 Å². The van der Waals surface area contributed by atoms with Gasteiger partial charge in [-0.1, -0.05) is 13.0 Å². The zero-order chi connectivity index (χ0) is 12.1. The maximum Gasteiger partial charge on any atom is 0.340 e. The van der Waals surface area contributed by atoms with E-state index in [0.29, 0.717) is 17.7 Å². The first kappa shape index (κ1) is 13.0. The van der Waals surface area contributed by atoms with Crippen molar-refractivity contribution in [1.29, 1.82) is 5.26 Å². The number of hydrogen-bond acceptors (Lipinski definition) is 3. The number of carbonyl (C=O) groups is 1. The molecule has 0 bridgehead atoms. The van der Waals surface area contributed by atoms with Crippen LogP contribution in [0.4, 0.5) is 0 Å². The van der Waals surface area contributed by atoms with E-state index in [1.165, 1.54) is 0 Å². The lowest BCUT2D eigenvalue weighted by atomic mass is 10.0. The largest absolute Gasteiger partial charge is 0.462 e. The molecule has 0 fully saturated rings. The summed E-state index contributed by atoms with van der Waals surface area (Å²) >= 11 is 2.05. The zero-order valence-corrected chi connectivity index (χ0v) is 11.4. The molecule has 1 rings (SSSR count). The minimum Gasteiger partial charge on any atom is -0.462 e. The normalized spacial score (nSPS) is 9.62. The van der Waals surface area contributed by atoms with Crippen molar-refractivity contribution in [3.8, 4) is 6.07 Å². The van der Waals surface area contributed by atoms with Gasteiger partial charge in [0, 0.05) is 3.57 Å². The maximum atomic E-state index is 11.7. The van der Waals surface area contributed by atoms with Crippen molar-refractivity contribution in [1.82, 2.24) is 0 Å². The Morgan fingerprint density at radius 2 is 2.19 bits per heavy atom. The van der Waals surface area contributed by atoms with Gasteiger partial charge in [0.05, 0.1) is 17.7 Å². The molecule has 0 saturated heterocycles. The lowest BCUT2D eigenvalue weighted by Crippen LogP contribution is -2.10. The highest BCUT2D eigenvalue weighted by Gasteiger charge is 2.18. The van der Waals surface area contributed by atoms with Crippen LogP contribution in [-0.2, 0) is 11.2 Å². The molecule has 16 heavy (non-hydrogen) atoms. The molecular formula is C12H12INO2. The van der Waals surface area contributed by atoms with Crippen LogP contribution in [-0.4, -0.2) is 12.6 Å². The molecule has 4 heteroatoms. The second kappa shape index (κ2) is 5.85. The second-order valence-electron chi connectivity index (χ2n) is 3.14. The average molecular weight is 329 g/mol. The minimum absolute atomic E-state index is 0.316. The quantitative estimate of drug-likeness (QED) is 0.633. The smallest absolute Gasteiger partial charge is 0.340 e. The maximum absolute atomic E-state index is 11.7. The third-order valence-electron chi connectivity index (χ3n) is 2.21. The molecular weight excluding hydrogens is 317 g/mol. The summed E-state index contributed by atoms with van der Waals surface area (Å²) in [5.74, 6) is -0.418. The third-order valence-corrected chi connectivity index (χ3v) is 3.11. The molecule has 1 aromatic carbocycles. The van der Waals surface area contributed by atoms with Crippen LogP contribution in [0, 0.1) is 14.9 Å².